The van der Waals surface area contributed by atoms with Crippen molar-refractivity contribution in [2.24, 2.45) is 0 Å². The largest absolute Gasteiger partial charge is 0.313 e. The predicted octanol–water partition coefficient (Wildman–Crippen LogP) is 1.80. The van der Waals surface area contributed by atoms with E-state index in [0.717, 1.165) is 23.8 Å². The second-order valence-electron chi connectivity index (χ2n) is 4.59. The van der Waals surface area contributed by atoms with Crippen molar-refractivity contribution in [1.82, 2.24) is 15.3 Å². The molecule has 0 aliphatic rings. The number of rotatable bonds is 2. The van der Waals surface area contributed by atoms with Gasteiger partial charge in [-0.2, -0.15) is 0 Å². The van der Waals surface area contributed by atoms with Gasteiger partial charge in [-0.1, -0.05) is 20.8 Å². The van der Waals surface area contributed by atoms with Crippen LogP contribution in [0.3, 0.4) is 0 Å². The molecule has 0 amide bonds. The minimum absolute atomic E-state index is 0.0934. The van der Waals surface area contributed by atoms with E-state index in [9.17, 15) is 0 Å². The quantitative estimate of drug-likeness (QED) is 0.778. The van der Waals surface area contributed by atoms with Gasteiger partial charge in [0, 0.05) is 16.8 Å². The van der Waals surface area contributed by atoms with Gasteiger partial charge in [-0.25, -0.2) is 9.97 Å². The van der Waals surface area contributed by atoms with Crippen molar-refractivity contribution in [3.8, 4) is 0 Å². The molecule has 0 bridgehead atoms. The molecule has 0 spiro atoms. The molecule has 1 heterocycles. The third-order valence-electron chi connectivity index (χ3n) is 2.00. The van der Waals surface area contributed by atoms with Crippen molar-refractivity contribution in [3.63, 3.8) is 0 Å². The van der Waals surface area contributed by atoms with Gasteiger partial charge in [0.15, 0.2) is 0 Å². The summed E-state index contributed by atoms with van der Waals surface area (Å²) in [5.74, 6) is 0.873. The summed E-state index contributed by atoms with van der Waals surface area (Å²) in [6.45, 7) is 9.23. The summed E-state index contributed by atoms with van der Waals surface area (Å²) < 4.78 is 0. The van der Waals surface area contributed by atoms with E-state index in [-0.39, 0.29) is 5.41 Å². The first-order valence-corrected chi connectivity index (χ1v) is 4.93. The number of hydrogen-bond acceptors (Lipinski definition) is 3. The fourth-order valence-electron chi connectivity index (χ4n) is 1.25. The molecule has 1 aromatic rings. The van der Waals surface area contributed by atoms with Gasteiger partial charge in [-0.15, -0.1) is 0 Å². The minimum atomic E-state index is 0.0934. The first-order valence-electron chi connectivity index (χ1n) is 4.93. The second kappa shape index (κ2) is 4.05. The molecular formula is C11H19N3. The van der Waals surface area contributed by atoms with E-state index >= 15 is 0 Å². The molecule has 0 radical (unpaired) electrons. The standard InChI is InChI=1S/C11H19N3/c1-8-6-9(11(2,3)4)14-10(13-8)7-12-5/h6,12H,7H2,1-5H3. The summed E-state index contributed by atoms with van der Waals surface area (Å²) >= 11 is 0. The average Bonchev–Trinajstić information content (AvgIpc) is 2.02. The summed E-state index contributed by atoms with van der Waals surface area (Å²) in [6, 6.07) is 2.05. The number of nitrogens with one attached hydrogen (secondary N) is 1. The first kappa shape index (κ1) is 11.1. The maximum Gasteiger partial charge on any atom is 0.142 e. The lowest BCUT2D eigenvalue weighted by molar-refractivity contribution is 0.557. The molecule has 3 nitrogen and oxygen atoms in total. The third kappa shape index (κ3) is 2.77. The van der Waals surface area contributed by atoms with E-state index in [1.165, 1.54) is 0 Å². The first-order chi connectivity index (χ1) is 6.43. The maximum atomic E-state index is 4.52. The molecule has 0 unspecified atom stereocenters. The van der Waals surface area contributed by atoms with Crippen LogP contribution in [0.4, 0.5) is 0 Å². The summed E-state index contributed by atoms with van der Waals surface area (Å²) in [4.78, 5) is 8.88. The summed E-state index contributed by atoms with van der Waals surface area (Å²) in [6.07, 6.45) is 0. The molecule has 1 aromatic heterocycles. The lowest BCUT2D eigenvalue weighted by Gasteiger charge is -2.18. The monoisotopic (exact) mass is 193 g/mol. The SMILES string of the molecule is CNCc1nc(C)cc(C(C)(C)C)n1. The molecule has 1 N–H and O–H groups in total. The van der Waals surface area contributed by atoms with Crippen molar-refractivity contribution in [2.75, 3.05) is 7.05 Å². The van der Waals surface area contributed by atoms with Gasteiger partial charge in [-0.3, -0.25) is 0 Å². The molecule has 0 saturated carbocycles. The Hall–Kier alpha value is -0.960. The lowest BCUT2D eigenvalue weighted by Crippen LogP contribution is -2.18. The van der Waals surface area contributed by atoms with Crippen LogP contribution in [0, 0.1) is 6.92 Å². The average molecular weight is 193 g/mol. The topological polar surface area (TPSA) is 37.8 Å². The summed E-state index contributed by atoms with van der Waals surface area (Å²) in [5.41, 5.74) is 2.24. The highest BCUT2D eigenvalue weighted by Gasteiger charge is 2.16. The highest BCUT2D eigenvalue weighted by molar-refractivity contribution is 5.17. The number of nitrogens with zero attached hydrogens (tertiary/aromatic N) is 2. The van der Waals surface area contributed by atoms with E-state index < -0.39 is 0 Å². The number of aromatic nitrogens is 2. The Labute approximate surface area is 86.0 Å². The molecule has 3 heteroatoms. The van der Waals surface area contributed by atoms with Crippen LogP contribution in [-0.4, -0.2) is 17.0 Å². The molecule has 0 atom stereocenters. The fraction of sp³-hybridized carbons (Fsp3) is 0.636. The molecule has 0 aliphatic heterocycles. The molecule has 0 saturated heterocycles. The van der Waals surface area contributed by atoms with E-state index in [0.29, 0.717) is 0 Å². The van der Waals surface area contributed by atoms with E-state index in [2.05, 4.69) is 42.1 Å². The van der Waals surface area contributed by atoms with Gasteiger partial charge in [0.2, 0.25) is 0 Å². The minimum Gasteiger partial charge on any atom is -0.313 e. The van der Waals surface area contributed by atoms with Crippen molar-refractivity contribution in [2.45, 2.75) is 39.7 Å². The van der Waals surface area contributed by atoms with E-state index in [4.69, 9.17) is 0 Å². The number of hydrogen-bond donors (Lipinski definition) is 1. The summed E-state index contributed by atoms with van der Waals surface area (Å²) in [5, 5.41) is 3.06. The molecule has 0 fully saturated rings. The number of aryl methyl sites for hydroxylation is 1. The zero-order chi connectivity index (χ0) is 10.8. The Balaban J connectivity index is 3.07. The second-order valence-corrected chi connectivity index (χ2v) is 4.59. The molecule has 0 aromatic carbocycles. The van der Waals surface area contributed by atoms with Crippen molar-refractivity contribution >= 4 is 0 Å². The third-order valence-corrected chi connectivity index (χ3v) is 2.00. The fourth-order valence-corrected chi connectivity index (χ4v) is 1.25. The normalized spacial score (nSPS) is 11.8. The smallest absolute Gasteiger partial charge is 0.142 e. The van der Waals surface area contributed by atoms with Crippen LogP contribution < -0.4 is 5.32 Å². The Morgan fingerprint density at radius 3 is 2.43 bits per heavy atom. The highest BCUT2D eigenvalue weighted by atomic mass is 15.0. The van der Waals surface area contributed by atoms with Gasteiger partial charge < -0.3 is 5.32 Å². The van der Waals surface area contributed by atoms with Crippen LogP contribution in [-0.2, 0) is 12.0 Å². The predicted molar refractivity (Wildman–Crippen MR) is 58.2 cm³/mol. The van der Waals surface area contributed by atoms with E-state index in [1.807, 2.05) is 14.0 Å². The lowest BCUT2D eigenvalue weighted by atomic mass is 9.91. The van der Waals surface area contributed by atoms with Gasteiger partial charge in [0.1, 0.15) is 5.82 Å². The van der Waals surface area contributed by atoms with Gasteiger partial charge >= 0.3 is 0 Å². The van der Waals surface area contributed by atoms with Crippen LogP contribution >= 0.6 is 0 Å². The zero-order valence-corrected chi connectivity index (χ0v) is 9.68. The Kier molecular flexibility index (Phi) is 3.21. The molecule has 14 heavy (non-hydrogen) atoms. The van der Waals surface area contributed by atoms with Gasteiger partial charge in [0.25, 0.3) is 0 Å². The van der Waals surface area contributed by atoms with Crippen LogP contribution in [0.1, 0.15) is 38.0 Å². The zero-order valence-electron chi connectivity index (χ0n) is 9.68. The molecule has 78 valence electrons. The maximum absolute atomic E-state index is 4.52. The Morgan fingerprint density at radius 2 is 1.93 bits per heavy atom. The van der Waals surface area contributed by atoms with Crippen LogP contribution in [0.25, 0.3) is 0 Å². The summed E-state index contributed by atoms with van der Waals surface area (Å²) in [7, 11) is 1.91. The highest BCUT2D eigenvalue weighted by Crippen LogP contribution is 2.20. The van der Waals surface area contributed by atoms with Crippen molar-refractivity contribution in [1.29, 1.82) is 0 Å². The Morgan fingerprint density at radius 1 is 1.29 bits per heavy atom. The molecule has 1 rings (SSSR count). The van der Waals surface area contributed by atoms with Crippen LogP contribution in [0.15, 0.2) is 6.07 Å². The Bertz CT molecular complexity index is 313. The van der Waals surface area contributed by atoms with Crippen molar-refractivity contribution < 1.29 is 0 Å². The van der Waals surface area contributed by atoms with Crippen molar-refractivity contribution in [3.05, 3.63) is 23.3 Å². The molecule has 0 aliphatic carbocycles. The molecular weight excluding hydrogens is 174 g/mol. The van der Waals surface area contributed by atoms with Crippen LogP contribution in [0.2, 0.25) is 0 Å². The van der Waals surface area contributed by atoms with E-state index in [1.54, 1.807) is 0 Å². The van der Waals surface area contributed by atoms with Crippen LogP contribution in [0.5, 0.6) is 0 Å². The van der Waals surface area contributed by atoms with Gasteiger partial charge in [0.05, 0.1) is 6.54 Å². The van der Waals surface area contributed by atoms with Gasteiger partial charge in [-0.05, 0) is 20.0 Å².